The van der Waals surface area contributed by atoms with E-state index in [0.29, 0.717) is 30.6 Å². The van der Waals surface area contributed by atoms with Gasteiger partial charge in [-0.05, 0) is 49.1 Å². The number of nitrogens with one attached hydrogen (secondary N) is 1. The van der Waals surface area contributed by atoms with Crippen LogP contribution in [-0.4, -0.2) is 49.1 Å². The first-order chi connectivity index (χ1) is 18.6. The van der Waals surface area contributed by atoms with Crippen molar-refractivity contribution >= 4 is 40.8 Å². The van der Waals surface area contributed by atoms with E-state index in [-0.39, 0.29) is 46.5 Å². The third kappa shape index (κ3) is 5.14. The van der Waals surface area contributed by atoms with Crippen molar-refractivity contribution < 1.29 is 28.3 Å². The second kappa shape index (κ2) is 10.6. The van der Waals surface area contributed by atoms with Crippen LogP contribution in [0.2, 0.25) is 5.02 Å². The lowest BCUT2D eigenvalue weighted by Gasteiger charge is -2.34. The molecule has 2 aliphatic rings. The number of aromatic nitrogens is 3. The highest BCUT2D eigenvalue weighted by atomic mass is 35.5. The fraction of sp³-hybridized carbons (Fsp3) is 0.296. The standard InChI is InChI=1S/C27H24ClF2N5O4/c1-14-3-2-4-21(34-10-8-15(11-23(34)36)24-18(29)6-5-17(28)25(24)30)19-12-16(7-9-31-19)35-22(32-26(14)37)13-20(33-35)27(38)39/h5-7,9,11-14,21H,2-4,8,10H2,1H3,(H,32,37)(H,38,39). The summed E-state index contributed by atoms with van der Waals surface area (Å²) in [7, 11) is 0. The lowest BCUT2D eigenvalue weighted by Crippen LogP contribution is -2.38. The van der Waals surface area contributed by atoms with Gasteiger partial charge in [0.15, 0.2) is 11.5 Å². The molecule has 2 aromatic heterocycles. The number of nitrogens with zero attached hydrogens (tertiary/aromatic N) is 4. The molecule has 2 aliphatic heterocycles. The zero-order chi connectivity index (χ0) is 27.8. The molecule has 4 heterocycles. The molecule has 2 atom stereocenters. The number of carbonyl (C=O) groups excluding carboxylic acids is 2. The van der Waals surface area contributed by atoms with Crippen LogP contribution in [0.5, 0.6) is 0 Å². The van der Waals surface area contributed by atoms with Gasteiger partial charge in [-0.1, -0.05) is 24.9 Å². The highest BCUT2D eigenvalue weighted by Gasteiger charge is 2.31. The molecule has 0 radical (unpaired) electrons. The molecular weight excluding hydrogens is 532 g/mol. The van der Waals surface area contributed by atoms with Crippen molar-refractivity contribution in [2.45, 2.75) is 38.6 Å². The first-order valence-electron chi connectivity index (χ1n) is 12.4. The molecule has 2 bridgehead atoms. The fourth-order valence-electron chi connectivity index (χ4n) is 4.97. The Labute approximate surface area is 227 Å². The van der Waals surface area contributed by atoms with Gasteiger partial charge in [-0.3, -0.25) is 14.6 Å². The quantitative estimate of drug-likeness (QED) is 0.439. The minimum absolute atomic E-state index is 0.179. The summed E-state index contributed by atoms with van der Waals surface area (Å²) in [6.07, 6.45) is 4.51. The molecule has 5 rings (SSSR count). The second-order valence-corrected chi connectivity index (χ2v) is 9.98. The highest BCUT2D eigenvalue weighted by Crippen LogP contribution is 2.36. The van der Waals surface area contributed by atoms with Crippen LogP contribution in [0.25, 0.3) is 11.3 Å². The fourth-order valence-corrected chi connectivity index (χ4v) is 5.12. The lowest BCUT2D eigenvalue weighted by atomic mass is 9.94. The van der Waals surface area contributed by atoms with Crippen molar-refractivity contribution in [2.24, 2.45) is 5.92 Å². The number of hydrogen-bond donors (Lipinski definition) is 2. The van der Waals surface area contributed by atoms with E-state index in [4.69, 9.17) is 11.6 Å². The van der Waals surface area contributed by atoms with Crippen LogP contribution in [0, 0.1) is 17.6 Å². The number of halogens is 3. The third-order valence-corrected chi connectivity index (χ3v) is 7.33. The Balaban J connectivity index is 1.54. The van der Waals surface area contributed by atoms with Crippen molar-refractivity contribution in [1.82, 2.24) is 19.7 Å². The van der Waals surface area contributed by atoms with Gasteiger partial charge in [0.2, 0.25) is 11.8 Å². The number of hydrogen-bond acceptors (Lipinski definition) is 5. The van der Waals surface area contributed by atoms with E-state index in [0.717, 1.165) is 12.1 Å². The summed E-state index contributed by atoms with van der Waals surface area (Å²) in [4.78, 5) is 43.9. The maximum absolute atomic E-state index is 14.6. The molecule has 0 aliphatic carbocycles. The predicted molar refractivity (Wildman–Crippen MR) is 138 cm³/mol. The van der Waals surface area contributed by atoms with Gasteiger partial charge in [0.05, 0.1) is 28.0 Å². The Morgan fingerprint density at radius 2 is 1.97 bits per heavy atom. The molecule has 0 saturated heterocycles. The van der Waals surface area contributed by atoms with Crippen LogP contribution in [0.4, 0.5) is 14.6 Å². The van der Waals surface area contributed by atoms with Gasteiger partial charge in [-0.25, -0.2) is 18.3 Å². The largest absolute Gasteiger partial charge is 0.476 e. The molecule has 202 valence electrons. The van der Waals surface area contributed by atoms with Gasteiger partial charge < -0.3 is 15.3 Å². The van der Waals surface area contributed by atoms with Crippen molar-refractivity contribution in [1.29, 1.82) is 0 Å². The lowest BCUT2D eigenvalue weighted by molar-refractivity contribution is -0.129. The smallest absolute Gasteiger partial charge is 0.356 e. The highest BCUT2D eigenvalue weighted by molar-refractivity contribution is 6.31. The summed E-state index contributed by atoms with van der Waals surface area (Å²) in [5, 5.41) is 16.1. The zero-order valence-corrected chi connectivity index (χ0v) is 21.6. The zero-order valence-electron chi connectivity index (χ0n) is 20.8. The van der Waals surface area contributed by atoms with Crippen LogP contribution in [0.15, 0.2) is 42.6 Å². The summed E-state index contributed by atoms with van der Waals surface area (Å²) in [6, 6.07) is 6.28. The molecule has 0 spiro atoms. The van der Waals surface area contributed by atoms with Crippen LogP contribution in [0.3, 0.4) is 0 Å². The number of aromatic carboxylic acids is 1. The first kappa shape index (κ1) is 26.5. The molecule has 0 saturated carbocycles. The van der Waals surface area contributed by atoms with E-state index in [1.807, 2.05) is 0 Å². The van der Waals surface area contributed by atoms with Crippen LogP contribution in [-0.2, 0) is 9.59 Å². The van der Waals surface area contributed by atoms with Crippen LogP contribution >= 0.6 is 11.6 Å². The van der Waals surface area contributed by atoms with E-state index >= 15 is 0 Å². The van der Waals surface area contributed by atoms with E-state index in [9.17, 15) is 28.3 Å². The van der Waals surface area contributed by atoms with Crippen molar-refractivity contribution in [3.8, 4) is 5.69 Å². The van der Waals surface area contributed by atoms with Gasteiger partial charge in [-0.15, -0.1) is 0 Å². The van der Waals surface area contributed by atoms with Gasteiger partial charge in [0, 0.05) is 30.8 Å². The summed E-state index contributed by atoms with van der Waals surface area (Å²) >= 11 is 5.85. The van der Waals surface area contributed by atoms with E-state index in [1.54, 1.807) is 24.0 Å². The average molecular weight is 556 g/mol. The summed E-state index contributed by atoms with van der Waals surface area (Å²) < 4.78 is 30.4. The average Bonchev–Trinajstić information content (AvgIpc) is 3.33. The number of fused-ring (bicyclic) bond motifs is 4. The minimum Gasteiger partial charge on any atom is -0.476 e. The summed E-state index contributed by atoms with van der Waals surface area (Å²) in [6.45, 7) is 1.94. The Kier molecular flexibility index (Phi) is 7.17. The SMILES string of the molecule is CC1CCCC(N2CCC(c3c(F)ccc(Cl)c3F)=CC2=O)c2cc(ccn2)-n2nc(C(=O)O)cc2NC1=O. The predicted octanol–water partition coefficient (Wildman–Crippen LogP) is 5.01. The second-order valence-electron chi connectivity index (χ2n) is 9.58. The monoisotopic (exact) mass is 555 g/mol. The molecule has 39 heavy (non-hydrogen) atoms. The van der Waals surface area contributed by atoms with Gasteiger partial charge in [0.1, 0.15) is 11.6 Å². The minimum atomic E-state index is -1.25. The van der Waals surface area contributed by atoms with Crippen molar-refractivity contribution in [2.75, 3.05) is 11.9 Å². The Morgan fingerprint density at radius 1 is 1.18 bits per heavy atom. The number of carboxylic acid groups (broad SMARTS) is 1. The summed E-state index contributed by atoms with van der Waals surface area (Å²) in [5.41, 5.74) is 0.651. The van der Waals surface area contributed by atoms with Gasteiger partial charge in [0.25, 0.3) is 0 Å². The van der Waals surface area contributed by atoms with Gasteiger partial charge in [-0.2, -0.15) is 5.10 Å². The number of benzene rings is 1. The number of amides is 2. The van der Waals surface area contributed by atoms with Crippen molar-refractivity contribution in [3.05, 3.63) is 76.2 Å². The normalized spacial score (nSPS) is 19.9. The number of pyridine rings is 1. The van der Waals surface area contributed by atoms with E-state index in [2.05, 4.69) is 15.4 Å². The van der Waals surface area contributed by atoms with Crippen molar-refractivity contribution in [3.63, 3.8) is 0 Å². The number of anilines is 1. The maximum atomic E-state index is 14.6. The van der Waals surface area contributed by atoms with E-state index in [1.165, 1.54) is 23.0 Å². The molecule has 12 heteroatoms. The Hall–Kier alpha value is -4.12. The molecule has 2 N–H and O–H groups in total. The number of rotatable bonds is 3. The molecule has 2 amide bonds. The number of carboxylic acids is 1. The van der Waals surface area contributed by atoms with Crippen LogP contribution in [0.1, 0.15) is 60.4 Å². The molecule has 1 aromatic carbocycles. The molecular formula is C27H24ClF2N5O4. The topological polar surface area (TPSA) is 117 Å². The Morgan fingerprint density at radius 3 is 2.72 bits per heavy atom. The van der Waals surface area contributed by atoms with Gasteiger partial charge >= 0.3 is 5.97 Å². The maximum Gasteiger partial charge on any atom is 0.356 e. The molecule has 2 unspecified atom stereocenters. The summed E-state index contributed by atoms with van der Waals surface area (Å²) in [5.74, 6) is -3.87. The Bertz CT molecular complexity index is 1520. The molecule has 0 fully saturated rings. The third-order valence-electron chi connectivity index (χ3n) is 7.04. The molecule has 9 nitrogen and oxygen atoms in total. The van der Waals surface area contributed by atoms with E-state index < -0.39 is 35.5 Å². The number of carbonyl (C=O) groups is 3. The molecule has 3 aromatic rings. The first-order valence-corrected chi connectivity index (χ1v) is 12.8. The van der Waals surface area contributed by atoms with Crippen LogP contribution < -0.4 is 5.32 Å².